The van der Waals surface area contributed by atoms with Crippen molar-refractivity contribution in [3.63, 3.8) is 0 Å². The number of hydrogen-bond donors (Lipinski definition) is 2. The highest BCUT2D eigenvalue weighted by atomic mass is 32.2. The van der Waals surface area contributed by atoms with Crippen LogP contribution in [0.4, 0.5) is 24.9 Å². The molecule has 0 bridgehead atoms. The first-order valence-corrected chi connectivity index (χ1v) is 16.4. The molecule has 0 aliphatic carbocycles. The highest BCUT2D eigenvalue weighted by Gasteiger charge is 2.45. The van der Waals surface area contributed by atoms with E-state index >= 15 is 0 Å². The van der Waals surface area contributed by atoms with E-state index in [-0.39, 0.29) is 34.8 Å². The standard InChI is InChI=1S/C33H35F3N6O3S/c1-3-44-30(43)25-18-32(19-38-25)12-14-42(15-13-32)26-17-27(41-31(37)40-26)45-29(33(34,35)36)21-6-4-20(5-7-21)22-8-10-24-23(16-22)9-11-28(39-24)46-2/h4-11,16-17,25,29,38H,3,12-15,18-19H2,1-2H3,(H2,37,40,41)/t25?,29-/m1/s1. The lowest BCUT2D eigenvalue weighted by Gasteiger charge is -2.39. The van der Waals surface area contributed by atoms with Crippen LogP contribution in [0.3, 0.4) is 0 Å². The van der Waals surface area contributed by atoms with Crippen LogP contribution in [0.5, 0.6) is 5.88 Å². The number of carbonyl (C=O) groups excluding carboxylic acids is 1. The third kappa shape index (κ3) is 6.85. The molecule has 2 aliphatic heterocycles. The van der Waals surface area contributed by atoms with Gasteiger partial charge in [-0.2, -0.15) is 23.1 Å². The van der Waals surface area contributed by atoms with Gasteiger partial charge >= 0.3 is 12.1 Å². The molecule has 2 aromatic carbocycles. The molecule has 0 radical (unpaired) electrons. The summed E-state index contributed by atoms with van der Waals surface area (Å²) in [5, 5.41) is 5.14. The number of carbonyl (C=O) groups is 1. The number of nitrogens with zero attached hydrogens (tertiary/aromatic N) is 4. The summed E-state index contributed by atoms with van der Waals surface area (Å²) in [4.78, 5) is 27.0. The van der Waals surface area contributed by atoms with E-state index in [0.29, 0.717) is 38.5 Å². The second-order valence-electron chi connectivity index (χ2n) is 11.7. The zero-order chi connectivity index (χ0) is 32.5. The molecule has 4 aromatic rings. The number of rotatable bonds is 8. The van der Waals surface area contributed by atoms with Gasteiger partial charge in [-0.05, 0) is 67.2 Å². The van der Waals surface area contributed by atoms with E-state index in [4.69, 9.17) is 15.2 Å². The van der Waals surface area contributed by atoms with E-state index in [1.807, 2.05) is 41.5 Å². The Balaban J connectivity index is 1.16. The molecule has 2 aromatic heterocycles. The number of nitrogen functional groups attached to an aromatic ring is 1. The predicted octanol–water partition coefficient (Wildman–Crippen LogP) is 6.19. The number of alkyl halides is 3. The van der Waals surface area contributed by atoms with Crippen molar-refractivity contribution in [3.8, 4) is 17.0 Å². The van der Waals surface area contributed by atoms with Crippen molar-refractivity contribution in [1.29, 1.82) is 0 Å². The van der Waals surface area contributed by atoms with Crippen LogP contribution < -0.4 is 20.7 Å². The molecule has 0 saturated carbocycles. The Kier molecular flexibility index (Phi) is 8.97. The van der Waals surface area contributed by atoms with Crippen LogP contribution in [0.2, 0.25) is 0 Å². The number of fused-ring (bicyclic) bond motifs is 1. The molecule has 1 unspecified atom stereocenters. The monoisotopic (exact) mass is 652 g/mol. The minimum absolute atomic E-state index is 0.0547. The maximum absolute atomic E-state index is 14.4. The first kappa shape index (κ1) is 31.9. The van der Waals surface area contributed by atoms with Gasteiger partial charge in [0, 0.05) is 36.7 Å². The minimum atomic E-state index is -4.71. The number of aromatic nitrogens is 3. The normalized spacial score (nSPS) is 18.5. The SMILES string of the molecule is CCOC(=O)C1CC2(CCN(c3cc(O[C@H](c4ccc(-c5ccc6nc(SC)ccc6c5)cc4)C(F)(F)F)nc(N)n3)CC2)CN1. The van der Waals surface area contributed by atoms with Gasteiger partial charge in [-0.25, -0.2) is 4.98 Å². The molecule has 0 amide bonds. The topological polar surface area (TPSA) is 115 Å². The lowest BCUT2D eigenvalue weighted by Crippen LogP contribution is -2.41. The number of nitrogens with one attached hydrogen (secondary N) is 1. The molecule has 4 heterocycles. The highest BCUT2D eigenvalue weighted by Crippen LogP contribution is 2.42. The maximum Gasteiger partial charge on any atom is 0.429 e. The number of thioether (sulfide) groups is 1. The number of nitrogens with two attached hydrogens (primary N) is 1. The lowest BCUT2D eigenvalue weighted by atomic mass is 9.76. The quantitative estimate of drug-likeness (QED) is 0.169. The molecular formula is C33H35F3N6O3S. The Bertz CT molecular complexity index is 1710. The van der Waals surface area contributed by atoms with Crippen LogP contribution in [-0.2, 0) is 9.53 Å². The van der Waals surface area contributed by atoms with Gasteiger partial charge in [-0.1, -0.05) is 36.4 Å². The number of halogens is 3. The van der Waals surface area contributed by atoms with E-state index in [9.17, 15) is 18.0 Å². The van der Waals surface area contributed by atoms with Gasteiger partial charge in [0.1, 0.15) is 11.9 Å². The Morgan fingerprint density at radius 2 is 1.80 bits per heavy atom. The lowest BCUT2D eigenvalue weighted by molar-refractivity contribution is -0.198. The summed E-state index contributed by atoms with van der Waals surface area (Å²) in [7, 11) is 0. The fourth-order valence-electron chi connectivity index (χ4n) is 6.27. The van der Waals surface area contributed by atoms with Crippen LogP contribution in [0.25, 0.3) is 22.0 Å². The largest absolute Gasteiger partial charge is 0.465 e. The summed E-state index contributed by atoms with van der Waals surface area (Å²) in [5.74, 6) is -0.274. The Morgan fingerprint density at radius 1 is 1.07 bits per heavy atom. The van der Waals surface area contributed by atoms with Crippen LogP contribution in [0, 0.1) is 5.41 Å². The van der Waals surface area contributed by atoms with Gasteiger partial charge in [0.05, 0.1) is 17.1 Å². The Hall–Kier alpha value is -4.10. The van der Waals surface area contributed by atoms with Crippen LogP contribution in [0.1, 0.15) is 37.9 Å². The number of anilines is 2. The van der Waals surface area contributed by atoms with Crippen LogP contribution in [0.15, 0.2) is 65.7 Å². The van der Waals surface area contributed by atoms with Gasteiger partial charge in [-0.3, -0.25) is 4.79 Å². The van der Waals surface area contributed by atoms with Gasteiger partial charge in [0.25, 0.3) is 0 Å². The van der Waals surface area contributed by atoms with Gasteiger partial charge < -0.3 is 25.4 Å². The van der Waals surface area contributed by atoms with E-state index < -0.39 is 12.3 Å². The molecule has 242 valence electrons. The van der Waals surface area contributed by atoms with Gasteiger partial charge in [0.15, 0.2) is 0 Å². The van der Waals surface area contributed by atoms with E-state index in [1.165, 1.54) is 18.2 Å². The number of ether oxygens (including phenoxy) is 2. The van der Waals surface area contributed by atoms with Gasteiger partial charge in [0.2, 0.25) is 17.9 Å². The molecule has 46 heavy (non-hydrogen) atoms. The highest BCUT2D eigenvalue weighted by molar-refractivity contribution is 7.98. The number of benzene rings is 2. The summed E-state index contributed by atoms with van der Waals surface area (Å²) in [6, 6.07) is 16.9. The van der Waals surface area contributed by atoms with Crippen LogP contribution in [-0.4, -0.2) is 65.6 Å². The molecule has 2 atom stereocenters. The molecule has 3 N–H and O–H groups in total. The number of pyridine rings is 1. The number of hydrogen-bond acceptors (Lipinski definition) is 10. The smallest absolute Gasteiger partial charge is 0.429 e. The van der Waals surface area contributed by atoms with Crippen molar-refractivity contribution in [2.45, 2.75) is 49.5 Å². The maximum atomic E-state index is 14.4. The molecular weight excluding hydrogens is 617 g/mol. The molecule has 2 aliphatic rings. The van der Waals surface area contributed by atoms with Crippen molar-refractivity contribution in [1.82, 2.24) is 20.3 Å². The summed E-state index contributed by atoms with van der Waals surface area (Å²) in [6.45, 7) is 4.02. The van der Waals surface area contributed by atoms with Gasteiger partial charge in [-0.15, -0.1) is 11.8 Å². The zero-order valence-corrected chi connectivity index (χ0v) is 26.3. The van der Waals surface area contributed by atoms with E-state index in [1.54, 1.807) is 30.8 Å². The fraction of sp³-hybridized carbons (Fsp3) is 0.394. The fourth-order valence-corrected chi connectivity index (χ4v) is 6.66. The third-order valence-electron chi connectivity index (χ3n) is 8.74. The summed E-state index contributed by atoms with van der Waals surface area (Å²) >= 11 is 1.56. The average Bonchev–Trinajstić information content (AvgIpc) is 3.46. The minimum Gasteiger partial charge on any atom is -0.465 e. The van der Waals surface area contributed by atoms with Crippen molar-refractivity contribution in [3.05, 3.63) is 66.2 Å². The summed E-state index contributed by atoms with van der Waals surface area (Å²) in [6.07, 6.45) is -2.77. The molecule has 2 fully saturated rings. The number of esters is 1. The molecule has 1 spiro atoms. The summed E-state index contributed by atoms with van der Waals surface area (Å²) < 4.78 is 53.7. The number of piperidine rings is 1. The second-order valence-corrected chi connectivity index (χ2v) is 12.5. The average molecular weight is 653 g/mol. The predicted molar refractivity (Wildman–Crippen MR) is 172 cm³/mol. The Morgan fingerprint density at radius 3 is 2.50 bits per heavy atom. The summed E-state index contributed by atoms with van der Waals surface area (Å²) in [5.41, 5.74) is 8.31. The Labute approximate surface area is 269 Å². The van der Waals surface area contributed by atoms with Crippen molar-refractivity contribution >= 4 is 40.4 Å². The third-order valence-corrected chi connectivity index (χ3v) is 9.39. The van der Waals surface area contributed by atoms with Crippen molar-refractivity contribution in [2.24, 2.45) is 5.41 Å². The van der Waals surface area contributed by atoms with E-state index in [2.05, 4.69) is 20.3 Å². The van der Waals surface area contributed by atoms with E-state index in [0.717, 1.165) is 39.9 Å². The first-order valence-electron chi connectivity index (χ1n) is 15.1. The molecule has 13 heteroatoms. The first-order chi connectivity index (χ1) is 22.1. The van der Waals surface area contributed by atoms with Crippen LogP contribution >= 0.6 is 11.8 Å². The second kappa shape index (κ2) is 13.0. The molecule has 9 nitrogen and oxygen atoms in total. The van der Waals surface area contributed by atoms with Crippen molar-refractivity contribution < 1.29 is 27.4 Å². The zero-order valence-electron chi connectivity index (χ0n) is 25.5. The molecule has 6 rings (SSSR count). The van der Waals surface area contributed by atoms with Crippen molar-refractivity contribution in [2.75, 3.05) is 43.1 Å². The molecule has 2 saturated heterocycles.